The van der Waals surface area contributed by atoms with Crippen molar-refractivity contribution in [3.05, 3.63) is 22.7 Å². The zero-order chi connectivity index (χ0) is 16.2. The Labute approximate surface area is 129 Å². The van der Waals surface area contributed by atoms with E-state index in [4.69, 9.17) is 23.1 Å². The summed E-state index contributed by atoms with van der Waals surface area (Å²) in [5.74, 6) is -0.441. The number of amides is 2. The van der Waals surface area contributed by atoms with Gasteiger partial charge in [-0.15, -0.1) is 0 Å². The average Bonchev–Trinajstić information content (AvgIpc) is 2.34. The van der Waals surface area contributed by atoms with Crippen LogP contribution in [0.5, 0.6) is 0 Å². The predicted octanol–water partition coefficient (Wildman–Crippen LogP) is 1.23. The molecule has 0 aliphatic carbocycles. The molecule has 0 aromatic heterocycles. The fraction of sp³-hybridized carbons (Fsp3) is 0.429. The maximum atomic E-state index is 11.9. The molecule has 0 saturated heterocycles. The summed E-state index contributed by atoms with van der Waals surface area (Å²) in [6, 6.07) is 2.97. The largest absolute Gasteiger partial charge is 0.399 e. The molecule has 1 rings (SSSR count). The number of carbonyl (C=O) groups is 2. The molecule has 0 bridgehead atoms. The minimum atomic E-state index is -0.645. The Balaban J connectivity index is 2.94. The van der Waals surface area contributed by atoms with Crippen molar-refractivity contribution in [2.75, 3.05) is 30.8 Å². The van der Waals surface area contributed by atoms with Gasteiger partial charge in [-0.3, -0.25) is 9.59 Å². The van der Waals surface area contributed by atoms with Crippen LogP contribution in [0.25, 0.3) is 0 Å². The van der Waals surface area contributed by atoms with E-state index in [0.29, 0.717) is 23.8 Å². The zero-order valence-electron chi connectivity index (χ0n) is 12.4. The molecule has 2 amide bonds. The van der Waals surface area contributed by atoms with Crippen LogP contribution in [0.1, 0.15) is 24.2 Å². The van der Waals surface area contributed by atoms with Crippen molar-refractivity contribution in [1.82, 2.24) is 5.32 Å². The molecule has 116 valence electrons. The molecule has 21 heavy (non-hydrogen) atoms. The Hall–Kier alpha value is -1.95. The van der Waals surface area contributed by atoms with Gasteiger partial charge in [0.15, 0.2) is 0 Å². The van der Waals surface area contributed by atoms with Gasteiger partial charge in [-0.2, -0.15) is 0 Å². The van der Waals surface area contributed by atoms with Crippen molar-refractivity contribution < 1.29 is 9.59 Å². The van der Waals surface area contributed by atoms with Crippen molar-refractivity contribution in [3.63, 3.8) is 0 Å². The molecule has 0 atom stereocenters. The van der Waals surface area contributed by atoms with Gasteiger partial charge in [0.05, 0.1) is 22.8 Å². The number of nitrogens with one attached hydrogen (secondary N) is 1. The second-order valence-electron chi connectivity index (χ2n) is 5.32. The fourth-order valence-electron chi connectivity index (χ4n) is 1.86. The van der Waals surface area contributed by atoms with Crippen molar-refractivity contribution in [2.45, 2.75) is 13.8 Å². The van der Waals surface area contributed by atoms with Crippen LogP contribution in [0, 0.1) is 5.92 Å². The van der Waals surface area contributed by atoms with Gasteiger partial charge < -0.3 is 21.7 Å². The molecule has 0 spiro atoms. The summed E-state index contributed by atoms with van der Waals surface area (Å²) >= 11 is 6.12. The van der Waals surface area contributed by atoms with Gasteiger partial charge in [0.25, 0.3) is 5.91 Å². The molecule has 1 aromatic carbocycles. The first-order chi connectivity index (χ1) is 9.72. The average molecular weight is 313 g/mol. The molecule has 0 aliphatic heterocycles. The van der Waals surface area contributed by atoms with Gasteiger partial charge in [0, 0.05) is 19.3 Å². The summed E-state index contributed by atoms with van der Waals surface area (Å²) < 4.78 is 0. The van der Waals surface area contributed by atoms with Crippen LogP contribution in [-0.4, -0.2) is 32.0 Å². The van der Waals surface area contributed by atoms with Crippen molar-refractivity contribution >= 4 is 34.8 Å². The molecule has 5 N–H and O–H groups in total. The summed E-state index contributed by atoms with van der Waals surface area (Å²) in [6.07, 6.45) is 0. The van der Waals surface area contributed by atoms with Gasteiger partial charge in [0.2, 0.25) is 5.91 Å². The molecule has 0 radical (unpaired) electrons. The highest BCUT2D eigenvalue weighted by Gasteiger charge is 2.18. The molecule has 7 heteroatoms. The fourth-order valence-corrected chi connectivity index (χ4v) is 2.24. The van der Waals surface area contributed by atoms with Crippen LogP contribution in [0.3, 0.4) is 0 Å². The molecule has 0 unspecified atom stereocenters. The molecular formula is C14H21ClN4O2. The molecule has 0 saturated carbocycles. The number of nitrogens with two attached hydrogens (primary N) is 2. The van der Waals surface area contributed by atoms with Crippen LogP contribution < -0.4 is 21.7 Å². The van der Waals surface area contributed by atoms with E-state index in [-0.39, 0.29) is 23.0 Å². The standard InChI is InChI=1S/C14H21ClN4O2/c1-8(2)6-18-12(20)7-19(3)13-10(14(17)21)4-9(16)5-11(13)15/h4-5,8H,6-7,16H2,1-3H3,(H2,17,21)(H,18,20). The topological polar surface area (TPSA) is 101 Å². The smallest absolute Gasteiger partial charge is 0.250 e. The van der Waals surface area contributed by atoms with E-state index in [9.17, 15) is 9.59 Å². The molecule has 6 nitrogen and oxygen atoms in total. The van der Waals surface area contributed by atoms with E-state index < -0.39 is 5.91 Å². The third kappa shape index (κ3) is 4.82. The lowest BCUT2D eigenvalue weighted by Gasteiger charge is -2.23. The molecule has 0 aliphatic rings. The number of hydrogen-bond donors (Lipinski definition) is 3. The quantitative estimate of drug-likeness (QED) is 0.688. The highest BCUT2D eigenvalue weighted by molar-refractivity contribution is 6.34. The van der Waals surface area contributed by atoms with Crippen molar-refractivity contribution in [1.29, 1.82) is 0 Å². The summed E-state index contributed by atoms with van der Waals surface area (Å²) in [4.78, 5) is 24.9. The number of rotatable bonds is 6. The van der Waals surface area contributed by atoms with E-state index in [1.54, 1.807) is 11.9 Å². The number of nitrogens with zero attached hydrogens (tertiary/aromatic N) is 1. The Morgan fingerprint density at radius 3 is 2.52 bits per heavy atom. The monoisotopic (exact) mass is 312 g/mol. The summed E-state index contributed by atoms with van der Waals surface area (Å²) in [5.41, 5.74) is 11.9. The van der Waals surface area contributed by atoms with Crippen LogP contribution >= 0.6 is 11.6 Å². The summed E-state index contributed by atoms with van der Waals surface area (Å²) in [6.45, 7) is 4.67. The third-order valence-corrected chi connectivity index (χ3v) is 3.11. The number of primary amides is 1. The Kier molecular flexibility index (Phi) is 5.84. The third-order valence-electron chi connectivity index (χ3n) is 2.82. The second-order valence-corrected chi connectivity index (χ2v) is 5.72. The summed E-state index contributed by atoms with van der Waals surface area (Å²) in [5, 5.41) is 3.08. The maximum absolute atomic E-state index is 11.9. The number of halogens is 1. The van der Waals surface area contributed by atoms with Gasteiger partial charge in [0.1, 0.15) is 0 Å². The van der Waals surface area contributed by atoms with Gasteiger partial charge in [-0.25, -0.2) is 0 Å². The Bertz CT molecular complexity index is 546. The number of benzene rings is 1. The van der Waals surface area contributed by atoms with Crippen molar-refractivity contribution in [3.8, 4) is 0 Å². The normalized spacial score (nSPS) is 10.5. The van der Waals surface area contributed by atoms with Crippen LogP contribution in [-0.2, 0) is 4.79 Å². The first-order valence-electron chi connectivity index (χ1n) is 6.59. The van der Waals surface area contributed by atoms with Gasteiger partial charge >= 0.3 is 0 Å². The summed E-state index contributed by atoms with van der Waals surface area (Å²) in [7, 11) is 1.67. The van der Waals surface area contributed by atoms with E-state index in [2.05, 4.69) is 5.32 Å². The van der Waals surface area contributed by atoms with Crippen LogP contribution in [0.2, 0.25) is 5.02 Å². The number of hydrogen-bond acceptors (Lipinski definition) is 4. The lowest BCUT2D eigenvalue weighted by molar-refractivity contribution is -0.119. The molecule has 1 aromatic rings. The Morgan fingerprint density at radius 1 is 1.38 bits per heavy atom. The Morgan fingerprint density at radius 2 is 2.00 bits per heavy atom. The number of carbonyl (C=O) groups excluding carboxylic acids is 2. The molecule has 0 fully saturated rings. The van der Waals surface area contributed by atoms with Gasteiger partial charge in [-0.05, 0) is 18.1 Å². The highest BCUT2D eigenvalue weighted by atomic mass is 35.5. The highest BCUT2D eigenvalue weighted by Crippen LogP contribution is 2.31. The minimum Gasteiger partial charge on any atom is -0.399 e. The molecule has 0 heterocycles. The lowest BCUT2D eigenvalue weighted by Crippen LogP contribution is -2.37. The second kappa shape index (κ2) is 7.17. The zero-order valence-corrected chi connectivity index (χ0v) is 13.2. The SMILES string of the molecule is CC(C)CNC(=O)CN(C)c1c(Cl)cc(N)cc1C(N)=O. The van der Waals surface area contributed by atoms with E-state index in [1.165, 1.54) is 12.1 Å². The van der Waals surface area contributed by atoms with E-state index >= 15 is 0 Å². The van der Waals surface area contributed by atoms with Crippen LogP contribution in [0.15, 0.2) is 12.1 Å². The molecular weight excluding hydrogens is 292 g/mol. The maximum Gasteiger partial charge on any atom is 0.250 e. The lowest BCUT2D eigenvalue weighted by atomic mass is 10.1. The minimum absolute atomic E-state index is 0.0661. The first-order valence-corrected chi connectivity index (χ1v) is 6.96. The van der Waals surface area contributed by atoms with E-state index in [1.807, 2.05) is 13.8 Å². The number of anilines is 2. The van der Waals surface area contributed by atoms with Crippen LogP contribution in [0.4, 0.5) is 11.4 Å². The van der Waals surface area contributed by atoms with E-state index in [0.717, 1.165) is 0 Å². The predicted molar refractivity (Wildman–Crippen MR) is 85.5 cm³/mol. The number of likely N-dealkylation sites (N-methyl/N-ethyl adjacent to an activating group) is 1. The van der Waals surface area contributed by atoms with Crippen molar-refractivity contribution in [2.24, 2.45) is 11.7 Å². The first kappa shape index (κ1) is 17.1. The van der Waals surface area contributed by atoms with Gasteiger partial charge in [-0.1, -0.05) is 25.4 Å². The number of nitrogen functional groups attached to an aromatic ring is 1.